The number of nitrogens with zero attached hydrogens (tertiary/aromatic N) is 2. The van der Waals surface area contributed by atoms with E-state index in [2.05, 4.69) is 63.7 Å². The van der Waals surface area contributed by atoms with Crippen LogP contribution in [-0.4, -0.2) is 40.5 Å². The minimum atomic E-state index is -0.415. The molecule has 0 radical (unpaired) electrons. The molecular formula is C31H28FN3O2. The fourth-order valence-corrected chi connectivity index (χ4v) is 5.06. The highest BCUT2D eigenvalue weighted by Crippen LogP contribution is 2.45. The first-order chi connectivity index (χ1) is 18.2. The number of hydrogen-bond donors (Lipinski definition) is 2. The second-order valence-electron chi connectivity index (χ2n) is 9.61. The van der Waals surface area contributed by atoms with Crippen LogP contribution in [0.5, 0.6) is 0 Å². The third-order valence-corrected chi connectivity index (χ3v) is 7.22. The molecule has 6 heteroatoms. The van der Waals surface area contributed by atoms with Crippen molar-refractivity contribution in [3.8, 4) is 0 Å². The minimum Gasteiger partial charge on any atom is -0.470 e. The van der Waals surface area contributed by atoms with Crippen LogP contribution in [-0.2, 0) is 4.74 Å². The van der Waals surface area contributed by atoms with Gasteiger partial charge < -0.3 is 9.84 Å². The molecule has 1 aliphatic heterocycles. The highest BCUT2D eigenvalue weighted by molar-refractivity contribution is 6.01. The average Bonchev–Trinajstić information content (AvgIpc) is 3.53. The molecule has 0 bridgehead atoms. The summed E-state index contributed by atoms with van der Waals surface area (Å²) in [5.41, 5.74) is 7.33. The summed E-state index contributed by atoms with van der Waals surface area (Å²) >= 11 is 0. The van der Waals surface area contributed by atoms with Gasteiger partial charge in [-0.2, -0.15) is 9.49 Å². The van der Waals surface area contributed by atoms with Crippen molar-refractivity contribution in [2.24, 2.45) is 10.9 Å². The summed E-state index contributed by atoms with van der Waals surface area (Å²) in [5.74, 6) is 0.580. The van der Waals surface area contributed by atoms with Gasteiger partial charge in [-0.25, -0.2) is 4.99 Å². The zero-order valence-electron chi connectivity index (χ0n) is 20.4. The topological polar surface area (TPSA) is 70.5 Å². The van der Waals surface area contributed by atoms with Crippen LogP contribution in [0, 0.1) is 11.9 Å². The monoisotopic (exact) mass is 493 g/mol. The number of aromatic nitrogens is 2. The number of halogens is 1. The number of aliphatic hydroxyl groups excluding tert-OH is 1. The summed E-state index contributed by atoms with van der Waals surface area (Å²) < 4.78 is 20.1. The molecule has 0 amide bonds. The van der Waals surface area contributed by atoms with Crippen molar-refractivity contribution in [3.05, 3.63) is 107 Å². The third-order valence-electron chi connectivity index (χ3n) is 7.22. The Morgan fingerprint density at radius 3 is 2.46 bits per heavy atom. The predicted octanol–water partition coefficient (Wildman–Crippen LogP) is 6.26. The standard InChI is InChI=1S/C31H28FN3O2/c32-31-26-17-24(14-15-27(26)34-35-31)30(29(22-7-4-8-22)21-5-2-1-3-6-21)23-12-9-20(10-13-23)11-16-28-33-18-25(19-36)37-28/h1-3,5-6,9-17,22,25,36H,4,7-8,18-19H2,(H,34,35)/b16-11?,30-29-. The van der Waals surface area contributed by atoms with Gasteiger partial charge in [0.15, 0.2) is 0 Å². The number of ether oxygens (including phenoxy) is 1. The molecule has 1 saturated carbocycles. The first kappa shape index (κ1) is 23.4. The van der Waals surface area contributed by atoms with E-state index < -0.39 is 5.95 Å². The number of nitrogens with one attached hydrogen (secondary N) is 1. The largest absolute Gasteiger partial charge is 0.470 e. The van der Waals surface area contributed by atoms with Crippen molar-refractivity contribution in [1.82, 2.24) is 10.2 Å². The Morgan fingerprint density at radius 2 is 1.76 bits per heavy atom. The van der Waals surface area contributed by atoms with Crippen LogP contribution in [0.3, 0.4) is 0 Å². The molecule has 5 nitrogen and oxygen atoms in total. The molecule has 4 aromatic rings. The molecule has 1 unspecified atom stereocenters. The van der Waals surface area contributed by atoms with Crippen LogP contribution in [0.4, 0.5) is 4.39 Å². The number of rotatable bonds is 7. The van der Waals surface area contributed by atoms with Crippen molar-refractivity contribution in [2.45, 2.75) is 25.4 Å². The van der Waals surface area contributed by atoms with Gasteiger partial charge in [-0.3, -0.25) is 5.10 Å². The first-order valence-electron chi connectivity index (χ1n) is 12.7. The van der Waals surface area contributed by atoms with E-state index in [1.54, 1.807) is 0 Å². The van der Waals surface area contributed by atoms with Crippen LogP contribution >= 0.6 is 0 Å². The van der Waals surface area contributed by atoms with Crippen molar-refractivity contribution in [2.75, 3.05) is 13.2 Å². The number of aromatic amines is 1. The normalized spacial score (nSPS) is 18.5. The molecule has 2 N–H and O–H groups in total. The average molecular weight is 494 g/mol. The Kier molecular flexibility index (Phi) is 6.41. The highest BCUT2D eigenvalue weighted by Gasteiger charge is 2.27. The Labute approximate surface area is 215 Å². The summed E-state index contributed by atoms with van der Waals surface area (Å²) in [6.45, 7) is 0.443. The Bertz CT molecular complexity index is 1500. The number of aliphatic hydroxyl groups is 1. The van der Waals surface area contributed by atoms with E-state index in [0.29, 0.717) is 29.3 Å². The fraction of sp³-hybridized carbons (Fsp3) is 0.226. The quantitative estimate of drug-likeness (QED) is 0.298. The van der Waals surface area contributed by atoms with Crippen molar-refractivity contribution in [3.63, 3.8) is 0 Å². The van der Waals surface area contributed by atoms with Crippen molar-refractivity contribution < 1.29 is 14.2 Å². The van der Waals surface area contributed by atoms with E-state index in [-0.39, 0.29) is 12.7 Å². The number of fused-ring (bicyclic) bond motifs is 1. The lowest BCUT2D eigenvalue weighted by Gasteiger charge is -2.31. The van der Waals surface area contributed by atoms with Crippen molar-refractivity contribution >= 4 is 34.0 Å². The van der Waals surface area contributed by atoms with E-state index in [1.807, 2.05) is 36.4 Å². The Morgan fingerprint density at radius 1 is 0.973 bits per heavy atom. The van der Waals surface area contributed by atoms with Gasteiger partial charge in [0.05, 0.1) is 24.1 Å². The van der Waals surface area contributed by atoms with Gasteiger partial charge in [-0.15, -0.1) is 0 Å². The molecule has 2 aliphatic rings. The van der Waals surface area contributed by atoms with E-state index in [4.69, 9.17) is 4.74 Å². The molecule has 3 aromatic carbocycles. The molecule has 0 saturated heterocycles. The van der Waals surface area contributed by atoms with Gasteiger partial charge in [0.25, 0.3) is 0 Å². The molecule has 1 aliphatic carbocycles. The second kappa shape index (κ2) is 10.1. The first-order valence-corrected chi connectivity index (χ1v) is 12.7. The lowest BCUT2D eigenvalue weighted by molar-refractivity contribution is 0.130. The Hall–Kier alpha value is -4.03. The van der Waals surface area contributed by atoms with Crippen LogP contribution in [0.15, 0.2) is 83.9 Å². The predicted molar refractivity (Wildman–Crippen MR) is 145 cm³/mol. The maximum absolute atomic E-state index is 14.5. The van der Waals surface area contributed by atoms with Gasteiger partial charge in [-0.05, 0) is 70.4 Å². The molecule has 1 aromatic heterocycles. The Balaban J connectivity index is 1.44. The van der Waals surface area contributed by atoms with Crippen LogP contribution in [0.25, 0.3) is 28.1 Å². The maximum atomic E-state index is 14.5. The molecule has 0 spiro atoms. The number of H-pyrrole nitrogens is 1. The summed E-state index contributed by atoms with van der Waals surface area (Å²) in [6.07, 6.45) is 7.05. The smallest absolute Gasteiger partial charge is 0.216 e. The SMILES string of the molecule is OCC1CN=C(C=Cc2ccc(/C(=C(\c3ccccc3)C3CCC3)c3ccc4n[nH]c(F)c4c3)cc2)O1. The lowest BCUT2D eigenvalue weighted by Crippen LogP contribution is -2.16. The fourth-order valence-electron chi connectivity index (χ4n) is 5.06. The van der Waals surface area contributed by atoms with Gasteiger partial charge in [0.1, 0.15) is 6.10 Å². The lowest BCUT2D eigenvalue weighted by atomic mass is 9.73. The van der Waals surface area contributed by atoms with E-state index >= 15 is 0 Å². The molecule has 1 fully saturated rings. The maximum Gasteiger partial charge on any atom is 0.216 e. The molecular weight excluding hydrogens is 465 g/mol. The number of benzene rings is 3. The van der Waals surface area contributed by atoms with E-state index in [0.717, 1.165) is 35.1 Å². The van der Waals surface area contributed by atoms with Gasteiger partial charge in [0.2, 0.25) is 11.8 Å². The summed E-state index contributed by atoms with van der Waals surface area (Å²) in [5, 5.41) is 16.3. The zero-order chi connectivity index (χ0) is 25.2. The van der Waals surface area contributed by atoms with Gasteiger partial charge >= 0.3 is 0 Å². The summed E-state index contributed by atoms with van der Waals surface area (Å²) in [6, 6.07) is 24.8. The molecule has 2 heterocycles. The third kappa shape index (κ3) is 4.72. The van der Waals surface area contributed by atoms with Crippen LogP contribution in [0.2, 0.25) is 0 Å². The number of allylic oxidation sites excluding steroid dienone is 1. The number of hydrogen-bond acceptors (Lipinski definition) is 4. The molecule has 186 valence electrons. The van der Waals surface area contributed by atoms with Gasteiger partial charge in [-0.1, -0.05) is 67.1 Å². The van der Waals surface area contributed by atoms with E-state index in [9.17, 15) is 9.50 Å². The summed E-state index contributed by atoms with van der Waals surface area (Å²) in [4.78, 5) is 4.31. The van der Waals surface area contributed by atoms with Gasteiger partial charge in [0, 0.05) is 6.08 Å². The molecule has 1 atom stereocenters. The van der Waals surface area contributed by atoms with E-state index in [1.165, 1.54) is 17.6 Å². The summed E-state index contributed by atoms with van der Waals surface area (Å²) in [7, 11) is 0. The van der Waals surface area contributed by atoms with Crippen LogP contribution in [0.1, 0.15) is 41.5 Å². The second-order valence-corrected chi connectivity index (χ2v) is 9.61. The zero-order valence-corrected chi connectivity index (χ0v) is 20.4. The van der Waals surface area contributed by atoms with Crippen molar-refractivity contribution in [1.29, 1.82) is 0 Å². The van der Waals surface area contributed by atoms with Crippen LogP contribution < -0.4 is 0 Å². The minimum absolute atomic E-state index is 0.0378. The highest BCUT2D eigenvalue weighted by atomic mass is 19.1. The molecule has 6 rings (SSSR count). The molecule has 37 heavy (non-hydrogen) atoms. The number of aliphatic imine (C=N–C) groups is 1.